The predicted octanol–water partition coefficient (Wildman–Crippen LogP) is 4.35. The lowest BCUT2D eigenvalue weighted by molar-refractivity contribution is -0.143. The Hall–Kier alpha value is -3.56. The summed E-state index contributed by atoms with van der Waals surface area (Å²) in [5.41, 5.74) is 1.58. The van der Waals surface area contributed by atoms with Crippen molar-refractivity contribution in [2.24, 2.45) is 0 Å². The van der Waals surface area contributed by atoms with Crippen molar-refractivity contribution in [3.05, 3.63) is 95.6 Å². The summed E-state index contributed by atoms with van der Waals surface area (Å²) in [7, 11) is 1.28. The molecule has 0 aliphatic rings. The number of methoxy groups -OCH3 is 1. The second kappa shape index (κ2) is 9.58. The van der Waals surface area contributed by atoms with Gasteiger partial charge in [0, 0.05) is 9.79 Å². The summed E-state index contributed by atoms with van der Waals surface area (Å²) in [6, 6.07) is 24.4. The summed E-state index contributed by atoms with van der Waals surface area (Å²) in [6.45, 7) is 0. The minimum absolute atomic E-state index is 0.401. The Labute approximate surface area is 173 Å². The highest BCUT2D eigenvalue weighted by Crippen LogP contribution is 2.32. The Morgan fingerprint density at radius 1 is 0.931 bits per heavy atom. The first-order valence-corrected chi connectivity index (χ1v) is 9.65. The molecule has 0 bridgehead atoms. The molecule has 0 aromatic heterocycles. The topological polar surface area (TPSA) is 79.2 Å². The third-order valence-electron chi connectivity index (χ3n) is 4.20. The summed E-state index contributed by atoms with van der Waals surface area (Å²) >= 11 is 1.33. The lowest BCUT2D eigenvalue weighted by Crippen LogP contribution is -2.34. The van der Waals surface area contributed by atoms with Gasteiger partial charge in [0.25, 0.3) is 5.91 Å². The number of ether oxygens (including phenoxy) is 1. The molecule has 144 valence electrons. The molecule has 0 fully saturated rings. The standard InChI is InChI=1S/C23H18N2O3S/c1-28-23(27)21(16-9-3-2-4-10-16)25-22(26)18-12-6-8-14-20(18)29-19-13-7-5-11-17(19)15-24/h2-14,21H,1H3,(H,25,26). The zero-order valence-electron chi connectivity index (χ0n) is 15.7. The second-order valence-corrected chi connectivity index (χ2v) is 7.13. The first-order chi connectivity index (χ1) is 14.1. The van der Waals surface area contributed by atoms with Crippen LogP contribution in [0.5, 0.6) is 0 Å². The molecule has 1 atom stereocenters. The van der Waals surface area contributed by atoms with Crippen molar-refractivity contribution in [1.29, 1.82) is 5.26 Å². The number of nitrogens with one attached hydrogen (secondary N) is 1. The third-order valence-corrected chi connectivity index (χ3v) is 5.36. The van der Waals surface area contributed by atoms with E-state index < -0.39 is 17.9 Å². The first kappa shape index (κ1) is 20.2. The van der Waals surface area contributed by atoms with E-state index in [4.69, 9.17) is 4.74 Å². The fourth-order valence-corrected chi connectivity index (χ4v) is 3.78. The van der Waals surface area contributed by atoms with Crippen molar-refractivity contribution < 1.29 is 14.3 Å². The smallest absolute Gasteiger partial charge is 0.333 e. The Morgan fingerprint density at radius 3 is 2.24 bits per heavy atom. The normalized spacial score (nSPS) is 11.2. The van der Waals surface area contributed by atoms with Gasteiger partial charge < -0.3 is 10.1 Å². The zero-order valence-corrected chi connectivity index (χ0v) is 16.5. The number of nitriles is 1. The highest BCUT2D eigenvalue weighted by atomic mass is 32.2. The van der Waals surface area contributed by atoms with Crippen LogP contribution in [0.3, 0.4) is 0 Å². The molecule has 3 aromatic carbocycles. The first-order valence-electron chi connectivity index (χ1n) is 8.83. The molecule has 1 N–H and O–H groups in total. The van der Waals surface area contributed by atoms with Crippen LogP contribution in [-0.2, 0) is 9.53 Å². The Bertz CT molecular complexity index is 1060. The maximum Gasteiger partial charge on any atom is 0.333 e. The lowest BCUT2D eigenvalue weighted by atomic mass is 10.1. The molecule has 1 amide bonds. The van der Waals surface area contributed by atoms with Crippen LogP contribution in [0.2, 0.25) is 0 Å². The van der Waals surface area contributed by atoms with Crippen molar-refractivity contribution in [3.8, 4) is 6.07 Å². The van der Waals surface area contributed by atoms with Crippen molar-refractivity contribution in [1.82, 2.24) is 5.32 Å². The average Bonchev–Trinajstić information content (AvgIpc) is 2.78. The van der Waals surface area contributed by atoms with Crippen LogP contribution < -0.4 is 5.32 Å². The number of esters is 1. The van der Waals surface area contributed by atoms with Crippen molar-refractivity contribution >= 4 is 23.6 Å². The number of carbonyl (C=O) groups is 2. The molecular formula is C23H18N2O3S. The van der Waals surface area contributed by atoms with E-state index in [0.29, 0.717) is 21.6 Å². The van der Waals surface area contributed by atoms with E-state index in [1.165, 1.54) is 18.9 Å². The Morgan fingerprint density at radius 2 is 1.55 bits per heavy atom. The SMILES string of the molecule is COC(=O)C(NC(=O)c1ccccc1Sc1ccccc1C#N)c1ccccc1. The molecule has 5 nitrogen and oxygen atoms in total. The van der Waals surface area contributed by atoms with Crippen LogP contribution >= 0.6 is 11.8 Å². The van der Waals surface area contributed by atoms with Gasteiger partial charge in [0.1, 0.15) is 6.07 Å². The lowest BCUT2D eigenvalue weighted by Gasteiger charge is -2.18. The molecule has 0 saturated heterocycles. The van der Waals surface area contributed by atoms with E-state index in [9.17, 15) is 14.9 Å². The minimum atomic E-state index is -0.918. The van der Waals surface area contributed by atoms with Gasteiger partial charge in [-0.3, -0.25) is 4.79 Å². The summed E-state index contributed by atoms with van der Waals surface area (Å²) in [5, 5.41) is 12.1. The molecule has 1 unspecified atom stereocenters. The van der Waals surface area contributed by atoms with Crippen LogP contribution in [0.15, 0.2) is 88.7 Å². The van der Waals surface area contributed by atoms with Crippen molar-refractivity contribution in [2.75, 3.05) is 7.11 Å². The summed E-state index contributed by atoms with van der Waals surface area (Å²) in [4.78, 5) is 26.7. The maximum atomic E-state index is 13.0. The van der Waals surface area contributed by atoms with Gasteiger partial charge in [-0.15, -0.1) is 0 Å². The van der Waals surface area contributed by atoms with E-state index in [-0.39, 0.29) is 0 Å². The van der Waals surface area contributed by atoms with Gasteiger partial charge >= 0.3 is 5.97 Å². The van der Waals surface area contributed by atoms with E-state index >= 15 is 0 Å². The van der Waals surface area contributed by atoms with E-state index in [1.807, 2.05) is 30.3 Å². The number of hydrogen-bond donors (Lipinski definition) is 1. The van der Waals surface area contributed by atoms with Crippen LogP contribution in [0, 0.1) is 11.3 Å². The number of carbonyl (C=O) groups excluding carboxylic acids is 2. The van der Waals surface area contributed by atoms with E-state index in [0.717, 1.165) is 4.90 Å². The average molecular weight is 402 g/mol. The summed E-state index contributed by atoms with van der Waals surface area (Å²) in [6.07, 6.45) is 0. The molecule has 3 aromatic rings. The molecule has 0 spiro atoms. The number of nitrogens with zero attached hydrogens (tertiary/aromatic N) is 1. The third kappa shape index (κ3) is 4.84. The maximum absolute atomic E-state index is 13.0. The highest BCUT2D eigenvalue weighted by Gasteiger charge is 2.25. The van der Waals surface area contributed by atoms with Gasteiger partial charge in [-0.2, -0.15) is 5.26 Å². The van der Waals surface area contributed by atoms with Gasteiger partial charge in [-0.05, 0) is 29.8 Å². The van der Waals surface area contributed by atoms with E-state index in [1.54, 1.807) is 48.5 Å². The largest absolute Gasteiger partial charge is 0.467 e. The van der Waals surface area contributed by atoms with Gasteiger partial charge in [-0.25, -0.2) is 4.79 Å². The summed E-state index contributed by atoms with van der Waals surface area (Å²) < 4.78 is 4.86. The van der Waals surface area contributed by atoms with Crippen molar-refractivity contribution in [3.63, 3.8) is 0 Å². The van der Waals surface area contributed by atoms with Gasteiger partial charge in [0.15, 0.2) is 6.04 Å². The van der Waals surface area contributed by atoms with Gasteiger partial charge in [-0.1, -0.05) is 66.4 Å². The second-order valence-electron chi connectivity index (χ2n) is 6.05. The minimum Gasteiger partial charge on any atom is -0.467 e. The number of benzene rings is 3. The van der Waals surface area contributed by atoms with Gasteiger partial charge in [0.05, 0.1) is 18.2 Å². The van der Waals surface area contributed by atoms with Crippen LogP contribution in [0.1, 0.15) is 27.5 Å². The number of rotatable bonds is 6. The molecule has 0 aliphatic heterocycles. The summed E-state index contributed by atoms with van der Waals surface area (Å²) in [5.74, 6) is -0.952. The Kier molecular flexibility index (Phi) is 6.67. The fourth-order valence-electron chi connectivity index (χ4n) is 2.76. The van der Waals surface area contributed by atoms with Crippen LogP contribution in [0.25, 0.3) is 0 Å². The predicted molar refractivity (Wildman–Crippen MR) is 110 cm³/mol. The fraction of sp³-hybridized carbons (Fsp3) is 0.0870. The monoisotopic (exact) mass is 402 g/mol. The zero-order chi connectivity index (χ0) is 20.6. The van der Waals surface area contributed by atoms with E-state index in [2.05, 4.69) is 11.4 Å². The van der Waals surface area contributed by atoms with Gasteiger partial charge in [0.2, 0.25) is 0 Å². The quantitative estimate of drug-likeness (QED) is 0.620. The Balaban J connectivity index is 1.89. The highest BCUT2D eigenvalue weighted by molar-refractivity contribution is 7.99. The molecule has 0 heterocycles. The van der Waals surface area contributed by atoms with Crippen molar-refractivity contribution in [2.45, 2.75) is 15.8 Å². The molecule has 29 heavy (non-hydrogen) atoms. The molecule has 0 saturated carbocycles. The molecule has 0 aliphatic carbocycles. The van der Waals surface area contributed by atoms with Crippen LogP contribution in [-0.4, -0.2) is 19.0 Å². The molecule has 6 heteroatoms. The molecule has 3 rings (SSSR count). The number of hydrogen-bond acceptors (Lipinski definition) is 5. The number of amides is 1. The molecule has 0 radical (unpaired) electrons. The molecular weight excluding hydrogens is 384 g/mol. The van der Waals surface area contributed by atoms with Crippen LogP contribution in [0.4, 0.5) is 0 Å².